The Bertz CT molecular complexity index is 684. The summed E-state index contributed by atoms with van der Waals surface area (Å²) < 4.78 is 23.3. The highest BCUT2D eigenvalue weighted by Crippen LogP contribution is 2.33. The molecule has 0 aliphatic carbocycles. The first kappa shape index (κ1) is 14.4. The highest BCUT2D eigenvalue weighted by Gasteiger charge is 2.21. The van der Waals surface area contributed by atoms with Crippen LogP contribution >= 0.6 is 0 Å². The van der Waals surface area contributed by atoms with E-state index in [1.54, 1.807) is 0 Å². The fourth-order valence-electron chi connectivity index (χ4n) is 1.66. The monoisotopic (exact) mass is 291 g/mol. The second-order valence-corrected chi connectivity index (χ2v) is 3.96. The first-order chi connectivity index (χ1) is 10.0. The second-order valence-electron chi connectivity index (χ2n) is 3.96. The molecule has 0 amide bonds. The van der Waals surface area contributed by atoms with Gasteiger partial charge in [-0.3, -0.25) is 10.1 Å². The van der Waals surface area contributed by atoms with E-state index in [9.17, 15) is 19.3 Å². The molecule has 0 aliphatic heterocycles. The Hall–Kier alpha value is -2.96. The number of para-hydroxylation sites is 1. The standard InChI is InChI=1S/C14H10FNO5/c1-20-14(17)9-5-7-10(8-6-9)21-12-4-2-3-11(15)13(12)16(18)19/h2-8H,1H3. The van der Waals surface area contributed by atoms with E-state index in [2.05, 4.69) is 4.74 Å². The molecule has 0 unspecified atom stereocenters. The molecule has 0 fully saturated rings. The van der Waals surface area contributed by atoms with Crippen molar-refractivity contribution in [3.8, 4) is 11.5 Å². The minimum Gasteiger partial charge on any atom is -0.465 e. The quantitative estimate of drug-likeness (QED) is 0.490. The van der Waals surface area contributed by atoms with Gasteiger partial charge in [0.1, 0.15) is 5.75 Å². The van der Waals surface area contributed by atoms with Gasteiger partial charge in [-0.05, 0) is 36.4 Å². The third-order valence-corrected chi connectivity index (χ3v) is 2.64. The summed E-state index contributed by atoms with van der Waals surface area (Å²) in [6.07, 6.45) is 0. The Kier molecular flexibility index (Phi) is 4.13. The van der Waals surface area contributed by atoms with Gasteiger partial charge in [0.2, 0.25) is 11.6 Å². The molecular formula is C14H10FNO5. The topological polar surface area (TPSA) is 78.7 Å². The molecule has 6 nitrogen and oxygen atoms in total. The summed E-state index contributed by atoms with van der Waals surface area (Å²) in [4.78, 5) is 21.3. The van der Waals surface area contributed by atoms with Gasteiger partial charge >= 0.3 is 11.7 Å². The molecule has 0 spiro atoms. The molecule has 0 saturated carbocycles. The van der Waals surface area contributed by atoms with Crippen LogP contribution in [0.4, 0.5) is 10.1 Å². The van der Waals surface area contributed by atoms with E-state index in [0.29, 0.717) is 5.56 Å². The lowest BCUT2D eigenvalue weighted by Gasteiger charge is -2.07. The molecule has 108 valence electrons. The fraction of sp³-hybridized carbons (Fsp3) is 0.0714. The molecule has 0 saturated heterocycles. The maximum Gasteiger partial charge on any atom is 0.346 e. The van der Waals surface area contributed by atoms with Gasteiger partial charge in [-0.1, -0.05) is 6.07 Å². The van der Waals surface area contributed by atoms with Crippen molar-refractivity contribution in [3.63, 3.8) is 0 Å². The zero-order valence-electron chi connectivity index (χ0n) is 10.9. The third-order valence-electron chi connectivity index (χ3n) is 2.64. The predicted octanol–water partition coefficient (Wildman–Crippen LogP) is 3.31. The van der Waals surface area contributed by atoms with Crippen LogP contribution < -0.4 is 4.74 Å². The highest BCUT2D eigenvalue weighted by molar-refractivity contribution is 5.89. The lowest BCUT2D eigenvalue weighted by molar-refractivity contribution is -0.388. The summed E-state index contributed by atoms with van der Waals surface area (Å²) in [5, 5.41) is 10.8. The zero-order valence-corrected chi connectivity index (χ0v) is 10.9. The summed E-state index contributed by atoms with van der Waals surface area (Å²) in [5.41, 5.74) is -0.437. The second kappa shape index (κ2) is 6.00. The molecule has 0 aliphatic rings. The van der Waals surface area contributed by atoms with Crippen LogP contribution in [0.15, 0.2) is 42.5 Å². The van der Waals surface area contributed by atoms with E-state index in [-0.39, 0.29) is 11.5 Å². The van der Waals surface area contributed by atoms with Crippen molar-refractivity contribution in [3.05, 3.63) is 64.0 Å². The molecule has 7 heteroatoms. The van der Waals surface area contributed by atoms with Gasteiger partial charge in [0.05, 0.1) is 17.6 Å². The van der Waals surface area contributed by atoms with Crippen molar-refractivity contribution in [2.75, 3.05) is 7.11 Å². The third kappa shape index (κ3) is 3.14. The van der Waals surface area contributed by atoms with Crippen LogP contribution in [0.2, 0.25) is 0 Å². The van der Waals surface area contributed by atoms with Crippen LogP contribution in [0, 0.1) is 15.9 Å². The number of carbonyl (C=O) groups is 1. The maximum absolute atomic E-state index is 13.4. The lowest BCUT2D eigenvalue weighted by Crippen LogP contribution is -2.00. The summed E-state index contributed by atoms with van der Waals surface area (Å²) in [6, 6.07) is 9.31. The number of esters is 1. The molecule has 2 aromatic carbocycles. The van der Waals surface area contributed by atoms with E-state index < -0.39 is 22.4 Å². The summed E-state index contributed by atoms with van der Waals surface area (Å²) >= 11 is 0. The van der Waals surface area contributed by atoms with Crippen LogP contribution in [0.1, 0.15) is 10.4 Å². The van der Waals surface area contributed by atoms with Crippen molar-refractivity contribution in [2.45, 2.75) is 0 Å². The van der Waals surface area contributed by atoms with Gasteiger partial charge in [0.25, 0.3) is 0 Å². The Morgan fingerprint density at radius 3 is 2.43 bits per heavy atom. The van der Waals surface area contributed by atoms with Crippen LogP contribution in [-0.4, -0.2) is 18.0 Å². The Balaban J connectivity index is 2.29. The van der Waals surface area contributed by atoms with Crippen LogP contribution in [-0.2, 0) is 4.74 Å². The van der Waals surface area contributed by atoms with Crippen LogP contribution in [0.25, 0.3) is 0 Å². The summed E-state index contributed by atoms with van der Waals surface area (Å²) in [5.74, 6) is -1.48. The number of rotatable bonds is 4. The number of nitro groups is 1. The number of nitrogens with zero attached hydrogens (tertiary/aromatic N) is 1. The van der Waals surface area contributed by atoms with Gasteiger partial charge < -0.3 is 9.47 Å². The van der Waals surface area contributed by atoms with E-state index in [4.69, 9.17) is 4.74 Å². The summed E-state index contributed by atoms with van der Waals surface area (Å²) in [7, 11) is 1.25. The van der Waals surface area contributed by atoms with Crippen LogP contribution in [0.3, 0.4) is 0 Å². The van der Waals surface area contributed by atoms with E-state index >= 15 is 0 Å². The van der Waals surface area contributed by atoms with Gasteiger partial charge in [-0.2, -0.15) is 4.39 Å². The number of nitro benzene ring substituents is 1. The maximum atomic E-state index is 13.4. The Morgan fingerprint density at radius 2 is 1.86 bits per heavy atom. The average Bonchev–Trinajstić information content (AvgIpc) is 2.47. The van der Waals surface area contributed by atoms with Gasteiger partial charge in [0, 0.05) is 0 Å². The molecule has 21 heavy (non-hydrogen) atoms. The minimum atomic E-state index is -0.983. The minimum absolute atomic E-state index is 0.217. The number of hydrogen-bond donors (Lipinski definition) is 0. The summed E-state index contributed by atoms with van der Waals surface area (Å²) in [6.45, 7) is 0. The van der Waals surface area contributed by atoms with Crippen molar-refractivity contribution in [2.24, 2.45) is 0 Å². The molecule has 0 heterocycles. The zero-order chi connectivity index (χ0) is 15.4. The van der Waals surface area contributed by atoms with Gasteiger partial charge in [0.15, 0.2) is 0 Å². The van der Waals surface area contributed by atoms with E-state index in [0.717, 1.165) is 6.07 Å². The van der Waals surface area contributed by atoms with Gasteiger partial charge in [-0.25, -0.2) is 4.79 Å². The molecule has 2 aromatic rings. The Morgan fingerprint density at radius 1 is 1.19 bits per heavy atom. The van der Waals surface area contributed by atoms with Gasteiger partial charge in [-0.15, -0.1) is 0 Å². The molecule has 0 atom stereocenters. The Labute approximate surface area is 118 Å². The van der Waals surface area contributed by atoms with Crippen LogP contribution in [0.5, 0.6) is 11.5 Å². The molecular weight excluding hydrogens is 281 g/mol. The van der Waals surface area contributed by atoms with E-state index in [1.807, 2.05) is 0 Å². The van der Waals surface area contributed by atoms with Crippen molar-refractivity contribution in [1.82, 2.24) is 0 Å². The highest BCUT2D eigenvalue weighted by atomic mass is 19.1. The molecule has 0 N–H and O–H groups in total. The largest absolute Gasteiger partial charge is 0.465 e. The number of carbonyl (C=O) groups excluding carboxylic acids is 1. The molecule has 0 bridgehead atoms. The number of hydrogen-bond acceptors (Lipinski definition) is 5. The number of benzene rings is 2. The normalized spacial score (nSPS) is 10.0. The molecule has 2 rings (SSSR count). The number of methoxy groups -OCH3 is 1. The number of halogens is 1. The van der Waals surface area contributed by atoms with Crippen molar-refractivity contribution >= 4 is 11.7 Å². The number of ether oxygens (including phenoxy) is 2. The smallest absolute Gasteiger partial charge is 0.346 e. The molecule has 0 radical (unpaired) electrons. The van der Waals surface area contributed by atoms with Crippen molar-refractivity contribution in [1.29, 1.82) is 0 Å². The lowest BCUT2D eigenvalue weighted by atomic mass is 10.2. The van der Waals surface area contributed by atoms with Crippen molar-refractivity contribution < 1.29 is 23.6 Å². The first-order valence-corrected chi connectivity index (χ1v) is 5.82. The van der Waals surface area contributed by atoms with E-state index in [1.165, 1.54) is 43.5 Å². The average molecular weight is 291 g/mol. The predicted molar refractivity (Wildman–Crippen MR) is 70.9 cm³/mol. The molecule has 0 aromatic heterocycles. The first-order valence-electron chi connectivity index (χ1n) is 5.82. The fourth-order valence-corrected chi connectivity index (χ4v) is 1.66. The SMILES string of the molecule is COC(=O)c1ccc(Oc2cccc(F)c2[N+](=O)[O-])cc1.